The maximum absolute atomic E-state index is 11.8. The standard InChI is InChI=1S/C15H25N5O20P4/c16-12-7-13(18-4-19(12)14-10(23)8(21)5(37-14)1-35-41(25,26)27)20(3-17-7)15-11(24)9(22)6(38-15)2-36-43(31,32)40-44(33,34)39-42(28,29)30/h3-6,8-11,14-16,21-24H,1-2H2,(H,31,32)(H,33,34)(H2,25,26,27)(H2,28,29,30)/p-6/t5-,6-,8-,9?,10-,11-,14-,15?/m1/s1. The molecule has 0 bridgehead atoms. The highest BCUT2D eigenvalue weighted by atomic mass is 31.3. The van der Waals surface area contributed by atoms with Crippen LogP contribution >= 0.6 is 31.3 Å². The maximum Gasteiger partial charge on any atom is 0.278 e. The molecule has 250 valence electrons. The first kappa shape index (κ1) is 35.5. The van der Waals surface area contributed by atoms with Crippen LogP contribution in [0.3, 0.4) is 0 Å². The van der Waals surface area contributed by atoms with Crippen LogP contribution in [0.5, 0.6) is 0 Å². The molecule has 4 heterocycles. The molecule has 4 unspecified atom stereocenters. The number of imidazole rings is 1. The van der Waals surface area contributed by atoms with E-state index < -0.39 is 99.1 Å². The summed E-state index contributed by atoms with van der Waals surface area (Å²) in [6.07, 6.45) is -11.8. The number of phosphoric ester groups is 2. The van der Waals surface area contributed by atoms with Crippen LogP contribution in [-0.4, -0.2) is 89.4 Å². The first-order valence-corrected chi connectivity index (χ1v) is 17.3. The Balaban J connectivity index is 1.48. The summed E-state index contributed by atoms with van der Waals surface area (Å²) in [5, 5.41) is 49.8. The molecule has 10 atom stereocenters. The predicted molar refractivity (Wildman–Crippen MR) is 118 cm³/mol. The second-order valence-electron chi connectivity index (χ2n) is 8.96. The molecule has 0 aliphatic carbocycles. The zero-order chi connectivity index (χ0) is 33.0. The zero-order valence-electron chi connectivity index (χ0n) is 21.1. The second-order valence-corrected chi connectivity index (χ2v) is 14.4. The Bertz CT molecular complexity index is 1620. The number of aromatic nitrogens is 4. The molecule has 2 saturated heterocycles. The highest BCUT2D eigenvalue weighted by molar-refractivity contribution is 7.64. The van der Waals surface area contributed by atoms with Crippen LogP contribution < -0.4 is 34.8 Å². The van der Waals surface area contributed by atoms with Gasteiger partial charge in [0.1, 0.15) is 43.0 Å². The van der Waals surface area contributed by atoms with Crippen molar-refractivity contribution in [3.63, 3.8) is 0 Å². The molecular formula is C15H19N5O20P4-6. The summed E-state index contributed by atoms with van der Waals surface area (Å²) in [7, 11) is -23.9. The van der Waals surface area contributed by atoms with E-state index in [1.807, 2.05) is 0 Å². The summed E-state index contributed by atoms with van der Waals surface area (Å²) in [4.78, 5) is 73.3. The van der Waals surface area contributed by atoms with Crippen LogP contribution in [0.25, 0.3) is 11.2 Å². The number of aliphatic hydroxyl groups excluding tert-OH is 4. The van der Waals surface area contributed by atoms with E-state index in [0.29, 0.717) is 0 Å². The summed E-state index contributed by atoms with van der Waals surface area (Å²) in [5.74, 6) is 0. The summed E-state index contributed by atoms with van der Waals surface area (Å²) in [6, 6.07) is 0. The molecule has 0 aromatic carbocycles. The van der Waals surface area contributed by atoms with Crippen LogP contribution in [0.15, 0.2) is 12.7 Å². The summed E-state index contributed by atoms with van der Waals surface area (Å²) in [5.41, 5.74) is -0.964. The number of hydrogen-bond donors (Lipinski definition) is 5. The lowest BCUT2D eigenvalue weighted by Gasteiger charge is -2.37. The molecule has 2 aromatic heterocycles. The van der Waals surface area contributed by atoms with Crippen molar-refractivity contribution in [3.05, 3.63) is 18.1 Å². The molecule has 25 nitrogen and oxygen atoms in total. The van der Waals surface area contributed by atoms with Gasteiger partial charge in [0.25, 0.3) is 15.6 Å². The van der Waals surface area contributed by atoms with Crippen molar-refractivity contribution >= 4 is 42.5 Å². The SMILES string of the molecule is N=c1c2ncn(C3O[C@H](COP(=O)([O-])OP(=O)([O-])OP(=O)([O-])[O-])C(O)[C@H]3O)c2ncn1[C@@H]1O[C@H](COP(=O)([O-])[O-])[C@@H](O)[C@H]1O. The molecule has 2 aliphatic rings. The van der Waals surface area contributed by atoms with E-state index in [4.69, 9.17) is 14.9 Å². The van der Waals surface area contributed by atoms with Crippen LogP contribution in [0.1, 0.15) is 12.5 Å². The molecule has 0 radical (unpaired) electrons. The van der Waals surface area contributed by atoms with Gasteiger partial charge in [-0.3, -0.25) is 28.0 Å². The van der Waals surface area contributed by atoms with Crippen LogP contribution in [0.2, 0.25) is 0 Å². The van der Waals surface area contributed by atoms with Gasteiger partial charge < -0.3 is 77.4 Å². The Kier molecular flexibility index (Phi) is 10.2. The van der Waals surface area contributed by atoms with Crippen molar-refractivity contribution in [2.24, 2.45) is 0 Å². The van der Waals surface area contributed by atoms with Crippen molar-refractivity contribution in [1.82, 2.24) is 19.1 Å². The molecule has 2 fully saturated rings. The van der Waals surface area contributed by atoms with Crippen molar-refractivity contribution in [2.75, 3.05) is 13.2 Å². The third-order valence-electron chi connectivity index (χ3n) is 5.97. The van der Waals surface area contributed by atoms with Gasteiger partial charge in [0.05, 0.1) is 35.2 Å². The second kappa shape index (κ2) is 12.7. The van der Waals surface area contributed by atoms with Gasteiger partial charge >= 0.3 is 0 Å². The quantitative estimate of drug-likeness (QED) is 0.127. The van der Waals surface area contributed by atoms with Crippen LogP contribution in [-0.2, 0) is 45.4 Å². The molecule has 44 heavy (non-hydrogen) atoms. The number of phosphoric acid groups is 4. The number of nitrogens with zero attached hydrogens (tertiary/aromatic N) is 4. The van der Waals surface area contributed by atoms with E-state index in [1.54, 1.807) is 0 Å². The van der Waals surface area contributed by atoms with E-state index in [-0.39, 0.29) is 11.2 Å². The predicted octanol–water partition coefficient (Wildman–Crippen LogP) is -7.39. The van der Waals surface area contributed by atoms with Crippen molar-refractivity contribution in [3.8, 4) is 0 Å². The molecule has 2 aliphatic heterocycles. The highest BCUT2D eigenvalue weighted by Gasteiger charge is 2.46. The van der Waals surface area contributed by atoms with Gasteiger partial charge in [0, 0.05) is 0 Å². The number of aliphatic hydroxyl groups is 4. The minimum absolute atomic E-state index is 0.197. The number of nitrogens with one attached hydrogen (secondary N) is 1. The van der Waals surface area contributed by atoms with Gasteiger partial charge in [-0.05, 0) is 0 Å². The van der Waals surface area contributed by atoms with Gasteiger partial charge in [0.15, 0.2) is 29.1 Å². The average molecular weight is 713 g/mol. The first-order valence-electron chi connectivity index (χ1n) is 11.5. The van der Waals surface area contributed by atoms with E-state index in [1.165, 1.54) is 0 Å². The van der Waals surface area contributed by atoms with Gasteiger partial charge in [-0.25, -0.2) is 14.3 Å². The maximum atomic E-state index is 11.8. The summed E-state index contributed by atoms with van der Waals surface area (Å²) in [6.45, 7) is -2.16. The van der Waals surface area contributed by atoms with E-state index >= 15 is 0 Å². The molecule has 29 heteroatoms. The monoisotopic (exact) mass is 713 g/mol. The number of rotatable bonds is 12. The molecule has 5 N–H and O–H groups in total. The summed E-state index contributed by atoms with van der Waals surface area (Å²) < 4.78 is 71.6. The van der Waals surface area contributed by atoms with Crippen molar-refractivity contribution in [2.45, 2.75) is 49.1 Å². The molecular weight excluding hydrogens is 694 g/mol. The number of hydrogen-bond acceptors (Lipinski definition) is 23. The minimum atomic E-state index is -6.25. The fourth-order valence-corrected chi connectivity index (χ4v) is 7.33. The Labute approximate surface area is 243 Å². The smallest absolute Gasteiger partial charge is 0.278 e. The average Bonchev–Trinajstić information content (AvgIpc) is 3.50. The zero-order valence-corrected chi connectivity index (χ0v) is 24.7. The fraction of sp³-hybridized carbons (Fsp3) is 0.667. The third-order valence-corrected chi connectivity index (χ3v) is 10.1. The topological polar surface area (TPSA) is 402 Å². The Morgan fingerprint density at radius 3 is 1.75 bits per heavy atom. The lowest BCUT2D eigenvalue weighted by Crippen LogP contribution is -2.36. The van der Waals surface area contributed by atoms with Gasteiger partial charge in [-0.1, -0.05) is 0 Å². The third kappa shape index (κ3) is 8.12. The Hall–Kier alpha value is -1.37. The van der Waals surface area contributed by atoms with E-state index in [0.717, 1.165) is 21.8 Å². The molecule has 4 rings (SSSR count). The molecule has 2 aromatic rings. The van der Waals surface area contributed by atoms with E-state index in [2.05, 4.69) is 27.6 Å². The molecule has 0 amide bonds. The fourth-order valence-electron chi connectivity index (χ4n) is 4.13. The normalized spacial score (nSPS) is 32.6. The van der Waals surface area contributed by atoms with E-state index in [9.17, 15) is 68.0 Å². The van der Waals surface area contributed by atoms with Gasteiger partial charge in [0.2, 0.25) is 0 Å². The lowest BCUT2D eigenvalue weighted by molar-refractivity contribution is -0.344. The minimum Gasteiger partial charge on any atom is -0.790 e. The first-order chi connectivity index (χ1) is 20.1. The van der Waals surface area contributed by atoms with Crippen LogP contribution in [0, 0.1) is 5.41 Å². The van der Waals surface area contributed by atoms with Crippen molar-refractivity contribution < 1.29 is 95.2 Å². The number of fused-ring (bicyclic) bond motifs is 1. The Morgan fingerprint density at radius 2 is 1.23 bits per heavy atom. The van der Waals surface area contributed by atoms with Gasteiger partial charge in [-0.15, -0.1) is 0 Å². The molecule has 0 spiro atoms. The summed E-state index contributed by atoms with van der Waals surface area (Å²) >= 11 is 0. The highest BCUT2D eigenvalue weighted by Crippen LogP contribution is 2.60. The number of ether oxygens (including phenoxy) is 2. The van der Waals surface area contributed by atoms with Crippen molar-refractivity contribution in [1.29, 1.82) is 5.41 Å². The van der Waals surface area contributed by atoms with Crippen LogP contribution in [0.4, 0.5) is 0 Å². The molecule has 0 saturated carbocycles. The van der Waals surface area contributed by atoms with Gasteiger partial charge in [-0.2, -0.15) is 0 Å². The lowest BCUT2D eigenvalue weighted by atomic mass is 10.1. The Morgan fingerprint density at radius 1 is 0.727 bits per heavy atom. The largest absolute Gasteiger partial charge is 0.790 e.